The number of carbonyl (C=O) groups is 2. The van der Waals surface area contributed by atoms with Crippen molar-refractivity contribution in [1.29, 1.82) is 0 Å². The monoisotopic (exact) mass is 376 g/mol. The molecular formula is C17H20N4O4S. The molecule has 0 aliphatic carbocycles. The van der Waals surface area contributed by atoms with Gasteiger partial charge in [0.1, 0.15) is 11.6 Å². The minimum atomic E-state index is -0.568. The summed E-state index contributed by atoms with van der Waals surface area (Å²) in [7, 11) is 0. The quantitative estimate of drug-likeness (QED) is 0.729. The number of benzene rings is 1. The van der Waals surface area contributed by atoms with Gasteiger partial charge in [-0.25, -0.2) is 0 Å². The fraction of sp³-hybridized carbons (Fsp3) is 0.353. The molecule has 2 heterocycles. The first-order valence-corrected chi connectivity index (χ1v) is 9.18. The number of nitrogens with two attached hydrogens (primary N) is 1. The number of fused-ring (bicyclic) bond motifs is 1. The topological polar surface area (TPSA) is 119 Å². The van der Waals surface area contributed by atoms with Crippen LogP contribution in [0.15, 0.2) is 29.1 Å². The normalized spacial score (nSPS) is 16.7. The fourth-order valence-corrected chi connectivity index (χ4v) is 3.93. The largest absolute Gasteiger partial charge is 0.484 e. The SMILES string of the molecule is CC(C)n1[nH]c(=O)c2c1NC(=O)CS[C@@H]2c1cccc(OCC(N)=O)c1. The molecule has 0 fully saturated rings. The van der Waals surface area contributed by atoms with Crippen molar-refractivity contribution in [3.63, 3.8) is 0 Å². The minimum absolute atomic E-state index is 0.0132. The third-order valence-electron chi connectivity index (χ3n) is 3.92. The summed E-state index contributed by atoms with van der Waals surface area (Å²) in [5, 5.41) is 5.28. The van der Waals surface area contributed by atoms with Crippen molar-refractivity contribution in [3.05, 3.63) is 45.7 Å². The van der Waals surface area contributed by atoms with E-state index in [1.165, 1.54) is 11.8 Å². The molecule has 9 heteroatoms. The Bertz CT molecular complexity index is 902. The molecule has 0 saturated carbocycles. The zero-order valence-electron chi connectivity index (χ0n) is 14.4. The molecule has 1 aromatic carbocycles. The van der Waals surface area contributed by atoms with Crippen LogP contribution in [0.25, 0.3) is 0 Å². The Hall–Kier alpha value is -2.68. The maximum atomic E-state index is 12.6. The smallest absolute Gasteiger partial charge is 0.270 e. The molecule has 2 amide bonds. The molecule has 0 saturated heterocycles. The van der Waals surface area contributed by atoms with Crippen molar-refractivity contribution in [2.45, 2.75) is 25.1 Å². The van der Waals surface area contributed by atoms with Gasteiger partial charge in [-0.05, 0) is 31.5 Å². The first kappa shape index (κ1) is 18.1. The fourth-order valence-electron chi connectivity index (χ4n) is 2.82. The van der Waals surface area contributed by atoms with Crippen molar-refractivity contribution in [3.8, 4) is 5.75 Å². The number of aromatic amines is 1. The summed E-state index contributed by atoms with van der Waals surface area (Å²) in [6, 6.07) is 7.09. The minimum Gasteiger partial charge on any atom is -0.484 e. The summed E-state index contributed by atoms with van der Waals surface area (Å²) in [5.41, 5.74) is 6.18. The van der Waals surface area contributed by atoms with Crippen molar-refractivity contribution in [2.24, 2.45) is 5.73 Å². The zero-order valence-corrected chi connectivity index (χ0v) is 15.3. The third kappa shape index (κ3) is 3.62. The van der Waals surface area contributed by atoms with Crippen molar-refractivity contribution >= 4 is 29.4 Å². The number of nitrogens with zero attached hydrogens (tertiary/aromatic N) is 1. The molecule has 1 aromatic heterocycles. The van der Waals surface area contributed by atoms with Crippen LogP contribution in [0.5, 0.6) is 5.75 Å². The van der Waals surface area contributed by atoms with Crippen LogP contribution in [0, 0.1) is 0 Å². The number of primary amides is 1. The van der Waals surface area contributed by atoms with E-state index in [1.54, 1.807) is 22.9 Å². The summed E-state index contributed by atoms with van der Waals surface area (Å²) in [6.07, 6.45) is 0. The molecule has 26 heavy (non-hydrogen) atoms. The van der Waals surface area contributed by atoms with E-state index in [9.17, 15) is 14.4 Å². The van der Waals surface area contributed by atoms with Gasteiger partial charge in [0.25, 0.3) is 11.5 Å². The number of carbonyl (C=O) groups excluding carboxylic acids is 2. The van der Waals surface area contributed by atoms with Gasteiger partial charge in [0.2, 0.25) is 5.91 Å². The number of thioether (sulfide) groups is 1. The number of ether oxygens (including phenoxy) is 1. The zero-order chi connectivity index (χ0) is 18.8. The molecule has 0 spiro atoms. The molecule has 2 aromatic rings. The second-order valence-electron chi connectivity index (χ2n) is 6.23. The van der Waals surface area contributed by atoms with Gasteiger partial charge in [-0.1, -0.05) is 12.1 Å². The van der Waals surface area contributed by atoms with E-state index in [-0.39, 0.29) is 35.1 Å². The lowest BCUT2D eigenvalue weighted by atomic mass is 10.1. The number of hydrogen-bond acceptors (Lipinski definition) is 5. The van der Waals surface area contributed by atoms with Gasteiger partial charge in [0, 0.05) is 6.04 Å². The van der Waals surface area contributed by atoms with Crippen LogP contribution in [0.3, 0.4) is 0 Å². The van der Waals surface area contributed by atoms with Gasteiger partial charge < -0.3 is 15.8 Å². The molecule has 4 N–H and O–H groups in total. The number of aromatic nitrogens is 2. The predicted octanol–water partition coefficient (Wildman–Crippen LogP) is 1.40. The molecule has 1 aliphatic rings. The van der Waals surface area contributed by atoms with Crippen LogP contribution in [0.1, 0.15) is 36.3 Å². The van der Waals surface area contributed by atoms with Gasteiger partial charge in [0.15, 0.2) is 6.61 Å². The van der Waals surface area contributed by atoms with E-state index < -0.39 is 5.91 Å². The first-order chi connectivity index (χ1) is 12.4. The summed E-state index contributed by atoms with van der Waals surface area (Å²) in [4.78, 5) is 35.6. The lowest BCUT2D eigenvalue weighted by Crippen LogP contribution is -2.20. The number of hydrogen-bond donors (Lipinski definition) is 3. The van der Waals surface area contributed by atoms with E-state index >= 15 is 0 Å². The Morgan fingerprint density at radius 1 is 1.42 bits per heavy atom. The van der Waals surface area contributed by atoms with Crippen LogP contribution < -0.4 is 21.3 Å². The third-order valence-corrected chi connectivity index (χ3v) is 5.19. The lowest BCUT2D eigenvalue weighted by Gasteiger charge is -2.16. The van der Waals surface area contributed by atoms with E-state index in [0.29, 0.717) is 17.1 Å². The molecule has 138 valence electrons. The van der Waals surface area contributed by atoms with E-state index in [4.69, 9.17) is 10.5 Å². The van der Waals surface area contributed by atoms with Gasteiger partial charge in [0.05, 0.1) is 16.6 Å². The predicted molar refractivity (Wildman–Crippen MR) is 99.5 cm³/mol. The molecule has 8 nitrogen and oxygen atoms in total. The van der Waals surface area contributed by atoms with E-state index in [1.807, 2.05) is 19.9 Å². The number of anilines is 1. The Labute approximate surface area is 154 Å². The molecular weight excluding hydrogens is 356 g/mol. The van der Waals surface area contributed by atoms with Crippen LogP contribution in [-0.2, 0) is 9.59 Å². The highest BCUT2D eigenvalue weighted by Crippen LogP contribution is 2.41. The molecule has 0 unspecified atom stereocenters. The summed E-state index contributed by atoms with van der Waals surface area (Å²) < 4.78 is 7.02. The molecule has 0 radical (unpaired) electrons. The average Bonchev–Trinajstić information content (AvgIpc) is 2.80. The summed E-state index contributed by atoms with van der Waals surface area (Å²) in [5.74, 6) is 0.471. The lowest BCUT2D eigenvalue weighted by molar-refractivity contribution is -0.120. The van der Waals surface area contributed by atoms with Gasteiger partial charge in [-0.15, -0.1) is 11.8 Å². The molecule has 1 aliphatic heterocycles. The number of rotatable bonds is 5. The Morgan fingerprint density at radius 3 is 2.88 bits per heavy atom. The van der Waals surface area contributed by atoms with Gasteiger partial charge >= 0.3 is 0 Å². The van der Waals surface area contributed by atoms with E-state index in [0.717, 1.165) is 5.56 Å². The number of nitrogens with one attached hydrogen (secondary N) is 2. The first-order valence-electron chi connectivity index (χ1n) is 8.13. The Kier molecular flexibility index (Phi) is 5.08. The van der Waals surface area contributed by atoms with Crippen molar-refractivity contribution in [2.75, 3.05) is 17.7 Å². The van der Waals surface area contributed by atoms with Crippen molar-refractivity contribution < 1.29 is 14.3 Å². The van der Waals surface area contributed by atoms with Gasteiger partial charge in [-0.3, -0.25) is 24.2 Å². The van der Waals surface area contributed by atoms with Crippen molar-refractivity contribution in [1.82, 2.24) is 9.78 Å². The molecule has 1 atom stereocenters. The van der Waals surface area contributed by atoms with Crippen LogP contribution >= 0.6 is 11.8 Å². The van der Waals surface area contributed by atoms with Gasteiger partial charge in [-0.2, -0.15) is 0 Å². The highest BCUT2D eigenvalue weighted by Gasteiger charge is 2.31. The molecule has 0 bridgehead atoms. The second-order valence-corrected chi connectivity index (χ2v) is 7.33. The molecule has 3 rings (SSSR count). The highest BCUT2D eigenvalue weighted by molar-refractivity contribution is 8.00. The van der Waals surface area contributed by atoms with Crippen LogP contribution in [0.4, 0.5) is 5.82 Å². The Morgan fingerprint density at radius 2 is 2.19 bits per heavy atom. The van der Waals surface area contributed by atoms with E-state index in [2.05, 4.69) is 10.4 Å². The summed E-state index contributed by atoms with van der Waals surface area (Å²) in [6.45, 7) is 3.62. The number of H-pyrrole nitrogens is 1. The standard InChI is InChI=1S/C17H20N4O4S/c1-9(2)21-16-14(17(24)20-21)15(26-8-13(23)19-16)10-4-3-5-11(6-10)25-7-12(18)22/h3-6,9,15H,7-8H2,1-2H3,(H2,18,22)(H,19,23)(H,20,24)/t15-/m1/s1. The Balaban J connectivity index is 2.04. The maximum Gasteiger partial charge on any atom is 0.270 e. The summed E-state index contributed by atoms with van der Waals surface area (Å²) >= 11 is 1.37. The van der Waals surface area contributed by atoms with Crippen LogP contribution in [-0.4, -0.2) is 34.0 Å². The van der Waals surface area contributed by atoms with Crippen LogP contribution in [0.2, 0.25) is 0 Å². The maximum absolute atomic E-state index is 12.6. The second kappa shape index (κ2) is 7.28. The highest BCUT2D eigenvalue weighted by atomic mass is 32.2. The average molecular weight is 376 g/mol. The number of amides is 2.